The van der Waals surface area contributed by atoms with Gasteiger partial charge in [0.25, 0.3) is 5.91 Å². The average Bonchev–Trinajstić information content (AvgIpc) is 2.93. The topological polar surface area (TPSA) is 40.5 Å². The Morgan fingerprint density at radius 2 is 2.41 bits per heavy atom. The Labute approximate surface area is 106 Å². The van der Waals surface area contributed by atoms with E-state index in [1.165, 1.54) is 10.4 Å². The van der Waals surface area contributed by atoms with Crippen LogP contribution in [0, 0.1) is 6.92 Å². The van der Waals surface area contributed by atoms with Gasteiger partial charge in [-0.15, -0.1) is 11.3 Å². The Kier molecular flexibility index (Phi) is 3.84. The largest absolute Gasteiger partial charge is 0.394 e. The number of aryl methyl sites for hydroxylation is 2. The van der Waals surface area contributed by atoms with Crippen LogP contribution in [0.25, 0.3) is 0 Å². The van der Waals surface area contributed by atoms with E-state index in [0.717, 1.165) is 30.7 Å². The predicted molar refractivity (Wildman–Crippen MR) is 69.6 cm³/mol. The zero-order valence-corrected chi connectivity index (χ0v) is 11.2. The van der Waals surface area contributed by atoms with Crippen LogP contribution in [0.2, 0.25) is 0 Å². The minimum Gasteiger partial charge on any atom is -0.394 e. The Morgan fingerprint density at radius 3 is 3.00 bits per heavy atom. The Balaban J connectivity index is 2.18. The lowest BCUT2D eigenvalue weighted by Crippen LogP contribution is -2.37. The zero-order valence-electron chi connectivity index (χ0n) is 10.4. The molecule has 17 heavy (non-hydrogen) atoms. The molecule has 1 fully saturated rings. The van der Waals surface area contributed by atoms with E-state index < -0.39 is 0 Å². The standard InChI is InChI=1S/C13H19NO2S/c1-3-10-7-12(17-9(10)2)13(16)14-6-4-5-11(14)8-15/h7,11,15H,3-6,8H2,1-2H3/t11-/m0/s1. The molecule has 1 aromatic rings. The van der Waals surface area contributed by atoms with Crippen LogP contribution in [0.4, 0.5) is 0 Å². The highest BCUT2D eigenvalue weighted by Crippen LogP contribution is 2.26. The van der Waals surface area contributed by atoms with Crippen LogP contribution in [-0.2, 0) is 6.42 Å². The maximum Gasteiger partial charge on any atom is 0.264 e. The second kappa shape index (κ2) is 5.19. The molecule has 0 bridgehead atoms. The maximum atomic E-state index is 12.3. The van der Waals surface area contributed by atoms with Crippen LogP contribution >= 0.6 is 11.3 Å². The molecule has 3 nitrogen and oxygen atoms in total. The highest BCUT2D eigenvalue weighted by Gasteiger charge is 2.29. The summed E-state index contributed by atoms with van der Waals surface area (Å²) in [5.74, 6) is 0.0920. The van der Waals surface area contributed by atoms with Gasteiger partial charge in [0.2, 0.25) is 0 Å². The summed E-state index contributed by atoms with van der Waals surface area (Å²) in [7, 11) is 0. The maximum absolute atomic E-state index is 12.3. The first-order chi connectivity index (χ1) is 8.17. The van der Waals surface area contributed by atoms with E-state index in [4.69, 9.17) is 0 Å². The van der Waals surface area contributed by atoms with E-state index in [-0.39, 0.29) is 18.6 Å². The van der Waals surface area contributed by atoms with Gasteiger partial charge >= 0.3 is 0 Å². The van der Waals surface area contributed by atoms with Gasteiger partial charge in [-0.25, -0.2) is 0 Å². The summed E-state index contributed by atoms with van der Waals surface area (Å²) in [5, 5.41) is 9.25. The van der Waals surface area contributed by atoms with Gasteiger partial charge in [0.1, 0.15) is 0 Å². The molecule has 1 N–H and O–H groups in total. The zero-order chi connectivity index (χ0) is 12.4. The van der Waals surface area contributed by atoms with E-state index in [1.807, 2.05) is 11.0 Å². The van der Waals surface area contributed by atoms with Crippen LogP contribution in [0.3, 0.4) is 0 Å². The minimum absolute atomic E-state index is 0.0231. The van der Waals surface area contributed by atoms with Gasteiger partial charge in [0.15, 0.2) is 0 Å². The van der Waals surface area contributed by atoms with Crippen molar-refractivity contribution in [2.75, 3.05) is 13.2 Å². The average molecular weight is 253 g/mol. The van der Waals surface area contributed by atoms with E-state index in [1.54, 1.807) is 11.3 Å². The third-order valence-corrected chi connectivity index (χ3v) is 4.54. The highest BCUT2D eigenvalue weighted by molar-refractivity contribution is 7.14. The monoisotopic (exact) mass is 253 g/mol. The van der Waals surface area contributed by atoms with E-state index in [9.17, 15) is 9.90 Å². The molecular formula is C13H19NO2S. The molecule has 1 amide bonds. The number of carbonyl (C=O) groups is 1. The van der Waals surface area contributed by atoms with Crippen molar-refractivity contribution in [2.24, 2.45) is 0 Å². The number of amides is 1. The number of hydrogen-bond donors (Lipinski definition) is 1. The molecule has 1 saturated heterocycles. The van der Waals surface area contributed by atoms with Gasteiger partial charge in [0.05, 0.1) is 17.5 Å². The molecule has 1 atom stereocenters. The first kappa shape index (κ1) is 12.6. The molecule has 2 rings (SSSR count). The highest BCUT2D eigenvalue weighted by atomic mass is 32.1. The molecule has 2 heterocycles. The number of rotatable bonds is 3. The second-order valence-electron chi connectivity index (χ2n) is 4.52. The molecule has 0 radical (unpaired) electrons. The van der Waals surface area contributed by atoms with Gasteiger partial charge in [0, 0.05) is 11.4 Å². The number of thiophene rings is 1. The predicted octanol–water partition coefficient (Wildman–Crippen LogP) is 2.22. The Bertz CT molecular complexity index is 414. The normalized spacial score (nSPS) is 19.9. The molecule has 0 aromatic carbocycles. The summed E-state index contributed by atoms with van der Waals surface area (Å²) in [4.78, 5) is 16.2. The smallest absolute Gasteiger partial charge is 0.264 e. The van der Waals surface area contributed by atoms with Crippen molar-refractivity contribution in [2.45, 2.75) is 39.2 Å². The van der Waals surface area contributed by atoms with Crippen molar-refractivity contribution in [3.63, 3.8) is 0 Å². The Morgan fingerprint density at radius 1 is 1.65 bits per heavy atom. The number of aliphatic hydroxyl groups is 1. The van der Waals surface area contributed by atoms with Crippen LogP contribution in [-0.4, -0.2) is 35.1 Å². The number of likely N-dealkylation sites (tertiary alicyclic amines) is 1. The van der Waals surface area contributed by atoms with Gasteiger partial charge in [-0.05, 0) is 37.8 Å². The number of aliphatic hydroxyl groups excluding tert-OH is 1. The summed E-state index contributed by atoms with van der Waals surface area (Å²) < 4.78 is 0. The summed E-state index contributed by atoms with van der Waals surface area (Å²) in [6, 6.07) is 2.03. The summed E-state index contributed by atoms with van der Waals surface area (Å²) in [6.07, 6.45) is 2.90. The van der Waals surface area contributed by atoms with Gasteiger partial charge < -0.3 is 10.0 Å². The van der Waals surface area contributed by atoms with Crippen LogP contribution in [0.15, 0.2) is 6.07 Å². The summed E-state index contributed by atoms with van der Waals surface area (Å²) in [5.41, 5.74) is 1.26. The van der Waals surface area contributed by atoms with Gasteiger partial charge in [-0.1, -0.05) is 6.92 Å². The van der Waals surface area contributed by atoms with E-state index in [0.29, 0.717) is 0 Å². The Hall–Kier alpha value is -0.870. The molecular weight excluding hydrogens is 234 g/mol. The second-order valence-corrected chi connectivity index (χ2v) is 5.78. The summed E-state index contributed by atoms with van der Waals surface area (Å²) >= 11 is 1.57. The SMILES string of the molecule is CCc1cc(C(=O)N2CCC[C@H]2CO)sc1C. The van der Waals surface area contributed by atoms with E-state index >= 15 is 0 Å². The molecule has 1 aliphatic heterocycles. The molecule has 0 saturated carbocycles. The molecule has 4 heteroatoms. The van der Waals surface area contributed by atoms with Crippen molar-refractivity contribution in [1.29, 1.82) is 0 Å². The van der Waals surface area contributed by atoms with Gasteiger partial charge in [-0.3, -0.25) is 4.79 Å². The lowest BCUT2D eigenvalue weighted by Gasteiger charge is -2.22. The fourth-order valence-corrected chi connectivity index (χ4v) is 3.48. The fraction of sp³-hybridized carbons (Fsp3) is 0.615. The van der Waals surface area contributed by atoms with Crippen molar-refractivity contribution >= 4 is 17.2 Å². The minimum atomic E-state index is 0.0231. The van der Waals surface area contributed by atoms with Crippen LogP contribution in [0.5, 0.6) is 0 Å². The number of nitrogens with zero attached hydrogens (tertiary/aromatic N) is 1. The van der Waals surface area contributed by atoms with Crippen LogP contribution in [0.1, 0.15) is 39.9 Å². The van der Waals surface area contributed by atoms with Crippen molar-refractivity contribution < 1.29 is 9.90 Å². The molecule has 0 spiro atoms. The molecule has 0 unspecified atom stereocenters. The quantitative estimate of drug-likeness (QED) is 0.897. The fourth-order valence-electron chi connectivity index (χ4n) is 2.41. The first-order valence-electron chi connectivity index (χ1n) is 6.18. The van der Waals surface area contributed by atoms with Crippen molar-refractivity contribution in [1.82, 2.24) is 4.90 Å². The first-order valence-corrected chi connectivity index (χ1v) is 7.00. The molecule has 1 aliphatic rings. The number of carbonyl (C=O) groups excluding carboxylic acids is 1. The van der Waals surface area contributed by atoms with Crippen molar-refractivity contribution in [3.8, 4) is 0 Å². The number of hydrogen-bond acceptors (Lipinski definition) is 3. The molecule has 94 valence electrons. The van der Waals surface area contributed by atoms with E-state index in [2.05, 4.69) is 13.8 Å². The molecule has 1 aromatic heterocycles. The van der Waals surface area contributed by atoms with Gasteiger partial charge in [-0.2, -0.15) is 0 Å². The third kappa shape index (κ3) is 2.38. The third-order valence-electron chi connectivity index (χ3n) is 3.46. The van der Waals surface area contributed by atoms with Crippen LogP contribution < -0.4 is 0 Å². The molecule has 0 aliphatic carbocycles. The van der Waals surface area contributed by atoms with Crippen molar-refractivity contribution in [3.05, 3.63) is 21.4 Å². The lowest BCUT2D eigenvalue weighted by molar-refractivity contribution is 0.0682. The lowest BCUT2D eigenvalue weighted by atomic mass is 10.2. The summed E-state index contributed by atoms with van der Waals surface area (Å²) in [6.45, 7) is 5.03.